The van der Waals surface area contributed by atoms with Gasteiger partial charge in [0, 0.05) is 27.6 Å². The van der Waals surface area contributed by atoms with Crippen molar-refractivity contribution in [3.8, 4) is 55.6 Å². The first-order valence-corrected chi connectivity index (χ1v) is 20.5. The van der Waals surface area contributed by atoms with Gasteiger partial charge in [0.05, 0.1) is 11.4 Å². The van der Waals surface area contributed by atoms with Crippen LogP contribution in [0.1, 0.15) is 0 Å². The minimum absolute atomic E-state index is 0.895. The van der Waals surface area contributed by atoms with Crippen LogP contribution < -0.4 is 4.90 Å². The standard InChI is InChI=1S/C58H39NO/c1-2-15-40(16-3-1)41-31-33-43(34-32-41)50-22-6-9-27-54(50)59(47-37-35-44(36-38-47)52-26-14-30-57-58(52)53-24-8-11-29-56(53)60-57)55-28-10-7-23-51(55)46-20-12-19-45(39-46)49-25-13-18-42-17-4-5-21-48(42)49/h1-39H. The number of furan rings is 1. The van der Waals surface area contributed by atoms with E-state index in [4.69, 9.17) is 4.42 Å². The van der Waals surface area contributed by atoms with Crippen molar-refractivity contribution in [2.45, 2.75) is 0 Å². The Bertz CT molecular complexity index is 3300. The lowest BCUT2D eigenvalue weighted by atomic mass is 9.94. The van der Waals surface area contributed by atoms with Gasteiger partial charge >= 0.3 is 0 Å². The molecule has 11 aromatic rings. The van der Waals surface area contributed by atoms with Crippen LogP contribution in [0.25, 0.3) is 88.3 Å². The van der Waals surface area contributed by atoms with E-state index in [0.717, 1.165) is 72.4 Å². The fourth-order valence-corrected chi connectivity index (χ4v) is 8.84. The molecule has 0 saturated carbocycles. The Morgan fingerprint density at radius 2 is 0.750 bits per heavy atom. The van der Waals surface area contributed by atoms with Crippen LogP contribution in [-0.2, 0) is 0 Å². The van der Waals surface area contributed by atoms with Crippen molar-refractivity contribution >= 4 is 49.8 Å². The van der Waals surface area contributed by atoms with E-state index < -0.39 is 0 Å². The maximum absolute atomic E-state index is 6.28. The highest BCUT2D eigenvalue weighted by Crippen LogP contribution is 2.46. The molecule has 60 heavy (non-hydrogen) atoms. The fourth-order valence-electron chi connectivity index (χ4n) is 8.84. The van der Waals surface area contributed by atoms with Crippen molar-refractivity contribution in [3.05, 3.63) is 237 Å². The average Bonchev–Trinajstić information content (AvgIpc) is 3.72. The largest absolute Gasteiger partial charge is 0.456 e. The van der Waals surface area contributed by atoms with E-state index in [9.17, 15) is 0 Å². The highest BCUT2D eigenvalue weighted by atomic mass is 16.3. The van der Waals surface area contributed by atoms with Crippen LogP contribution in [-0.4, -0.2) is 0 Å². The second-order valence-corrected chi connectivity index (χ2v) is 15.2. The minimum Gasteiger partial charge on any atom is -0.456 e. The Hall–Kier alpha value is -7.94. The van der Waals surface area contributed by atoms with Gasteiger partial charge < -0.3 is 9.32 Å². The molecule has 0 unspecified atom stereocenters. The summed E-state index contributed by atoms with van der Waals surface area (Å²) in [5.74, 6) is 0. The molecule has 11 rings (SSSR count). The summed E-state index contributed by atoms with van der Waals surface area (Å²) in [4.78, 5) is 2.43. The molecule has 0 fully saturated rings. The topological polar surface area (TPSA) is 16.4 Å². The average molecular weight is 766 g/mol. The van der Waals surface area contributed by atoms with E-state index in [1.807, 2.05) is 12.1 Å². The predicted octanol–water partition coefficient (Wildman–Crippen LogP) is 16.5. The molecule has 1 heterocycles. The smallest absolute Gasteiger partial charge is 0.136 e. The lowest BCUT2D eigenvalue weighted by molar-refractivity contribution is 0.669. The summed E-state index contributed by atoms with van der Waals surface area (Å²) in [7, 11) is 0. The fraction of sp³-hybridized carbons (Fsp3) is 0. The summed E-state index contributed by atoms with van der Waals surface area (Å²) >= 11 is 0. The number of anilines is 3. The molecule has 0 spiro atoms. The zero-order chi connectivity index (χ0) is 39.8. The van der Waals surface area contributed by atoms with E-state index in [0.29, 0.717) is 0 Å². The van der Waals surface area contributed by atoms with Gasteiger partial charge in [0.15, 0.2) is 0 Å². The third kappa shape index (κ3) is 6.32. The molecule has 0 aliphatic carbocycles. The van der Waals surface area contributed by atoms with E-state index in [1.54, 1.807) is 0 Å². The van der Waals surface area contributed by atoms with Crippen LogP contribution in [0.2, 0.25) is 0 Å². The lowest BCUT2D eigenvalue weighted by Gasteiger charge is -2.30. The summed E-state index contributed by atoms with van der Waals surface area (Å²) in [5, 5.41) is 4.75. The molecule has 0 saturated heterocycles. The molecular weight excluding hydrogens is 727 g/mol. The molecule has 0 aliphatic rings. The molecule has 2 nitrogen and oxygen atoms in total. The lowest BCUT2D eigenvalue weighted by Crippen LogP contribution is -2.12. The van der Waals surface area contributed by atoms with Crippen molar-refractivity contribution in [1.82, 2.24) is 0 Å². The van der Waals surface area contributed by atoms with E-state index in [-0.39, 0.29) is 0 Å². The normalized spacial score (nSPS) is 11.3. The highest BCUT2D eigenvalue weighted by molar-refractivity contribution is 6.12. The van der Waals surface area contributed by atoms with Crippen molar-refractivity contribution in [2.75, 3.05) is 4.90 Å². The van der Waals surface area contributed by atoms with Gasteiger partial charge in [-0.1, -0.05) is 194 Å². The molecule has 0 amide bonds. The van der Waals surface area contributed by atoms with Gasteiger partial charge in [-0.15, -0.1) is 0 Å². The first kappa shape index (κ1) is 35.2. The van der Waals surface area contributed by atoms with Gasteiger partial charge in [-0.3, -0.25) is 0 Å². The third-order valence-corrected chi connectivity index (χ3v) is 11.7. The molecule has 0 aliphatic heterocycles. The highest BCUT2D eigenvalue weighted by Gasteiger charge is 2.21. The SMILES string of the molecule is c1ccc(-c2ccc(-c3ccccc3N(c3ccc(-c4cccc5oc6ccccc6c45)cc3)c3ccccc3-c3cccc(-c4cccc5ccccc45)c3)cc2)cc1. The Balaban J connectivity index is 1.07. The van der Waals surface area contributed by atoms with Crippen LogP contribution >= 0.6 is 0 Å². The first-order chi connectivity index (χ1) is 29.8. The Morgan fingerprint density at radius 1 is 0.283 bits per heavy atom. The second kappa shape index (κ2) is 15.1. The summed E-state index contributed by atoms with van der Waals surface area (Å²) in [6, 6.07) is 84.9. The van der Waals surface area contributed by atoms with Crippen molar-refractivity contribution in [2.24, 2.45) is 0 Å². The zero-order valence-electron chi connectivity index (χ0n) is 32.9. The number of hydrogen-bond acceptors (Lipinski definition) is 2. The zero-order valence-corrected chi connectivity index (χ0v) is 32.9. The van der Waals surface area contributed by atoms with Crippen molar-refractivity contribution in [3.63, 3.8) is 0 Å². The van der Waals surface area contributed by atoms with Crippen LogP contribution in [0.15, 0.2) is 241 Å². The van der Waals surface area contributed by atoms with Crippen LogP contribution in [0.4, 0.5) is 17.1 Å². The van der Waals surface area contributed by atoms with Gasteiger partial charge in [-0.05, 0) is 97.7 Å². The number of nitrogens with zero attached hydrogens (tertiary/aromatic N) is 1. The monoisotopic (exact) mass is 765 g/mol. The summed E-state index contributed by atoms with van der Waals surface area (Å²) < 4.78 is 6.28. The molecular formula is C58H39NO. The maximum Gasteiger partial charge on any atom is 0.136 e. The van der Waals surface area contributed by atoms with Gasteiger partial charge in [0.1, 0.15) is 11.2 Å². The van der Waals surface area contributed by atoms with E-state index in [1.165, 1.54) is 33.0 Å². The molecule has 0 N–H and O–H groups in total. The Labute approximate surface area is 349 Å². The van der Waals surface area contributed by atoms with Gasteiger partial charge in [0.25, 0.3) is 0 Å². The molecule has 10 aromatic carbocycles. The molecule has 1 aromatic heterocycles. The van der Waals surface area contributed by atoms with Gasteiger partial charge in [0.2, 0.25) is 0 Å². The molecule has 0 atom stereocenters. The van der Waals surface area contributed by atoms with Crippen LogP contribution in [0.5, 0.6) is 0 Å². The van der Waals surface area contributed by atoms with Crippen LogP contribution in [0, 0.1) is 0 Å². The number of para-hydroxylation sites is 3. The number of fused-ring (bicyclic) bond motifs is 4. The number of benzene rings is 10. The summed E-state index contributed by atoms with van der Waals surface area (Å²) in [6.45, 7) is 0. The Kier molecular flexibility index (Phi) is 8.87. The second-order valence-electron chi connectivity index (χ2n) is 15.2. The van der Waals surface area contributed by atoms with Crippen molar-refractivity contribution < 1.29 is 4.42 Å². The maximum atomic E-state index is 6.28. The summed E-state index contributed by atoms with van der Waals surface area (Å²) in [5.41, 5.74) is 16.8. The molecule has 0 radical (unpaired) electrons. The van der Waals surface area contributed by atoms with Gasteiger partial charge in [-0.25, -0.2) is 0 Å². The number of rotatable bonds is 8. The molecule has 2 heteroatoms. The van der Waals surface area contributed by atoms with Crippen LogP contribution in [0.3, 0.4) is 0 Å². The predicted molar refractivity (Wildman–Crippen MR) is 253 cm³/mol. The summed E-state index contributed by atoms with van der Waals surface area (Å²) in [6.07, 6.45) is 0. The number of hydrogen-bond donors (Lipinski definition) is 0. The van der Waals surface area contributed by atoms with E-state index >= 15 is 0 Å². The van der Waals surface area contributed by atoms with Gasteiger partial charge in [-0.2, -0.15) is 0 Å². The first-order valence-electron chi connectivity index (χ1n) is 20.5. The van der Waals surface area contributed by atoms with Crippen molar-refractivity contribution in [1.29, 1.82) is 0 Å². The van der Waals surface area contributed by atoms with E-state index in [2.05, 4.69) is 229 Å². The molecule has 0 bridgehead atoms. The third-order valence-electron chi connectivity index (χ3n) is 11.7. The quantitative estimate of drug-likeness (QED) is 0.153. The minimum atomic E-state index is 0.895. The Morgan fingerprint density at radius 3 is 1.53 bits per heavy atom. The molecule has 282 valence electrons.